The molecule has 0 unspecified atom stereocenters. The van der Waals surface area contributed by atoms with Gasteiger partial charge in [0.1, 0.15) is 0 Å². The molecular weight excluding hydrogens is 382 g/mol. The Hall–Kier alpha value is -3.14. The summed E-state index contributed by atoms with van der Waals surface area (Å²) in [5.41, 5.74) is 1.50. The van der Waals surface area contributed by atoms with Crippen molar-refractivity contribution in [3.63, 3.8) is 0 Å². The number of rotatable bonds is 6. The van der Waals surface area contributed by atoms with Crippen LogP contribution < -0.4 is 10.9 Å². The molecule has 0 spiro atoms. The largest absolute Gasteiger partial charge is 0.465 e. The maximum absolute atomic E-state index is 12.3. The number of benzene rings is 1. The molecule has 2 heterocycles. The summed E-state index contributed by atoms with van der Waals surface area (Å²) < 4.78 is 6.38. The Balaban J connectivity index is 1.69. The number of fused-ring (bicyclic) bond motifs is 1. The van der Waals surface area contributed by atoms with Gasteiger partial charge in [0.15, 0.2) is 5.16 Å². The first-order valence-corrected chi connectivity index (χ1v) is 9.47. The quantitative estimate of drug-likeness (QED) is 0.479. The Labute approximate surface area is 164 Å². The van der Waals surface area contributed by atoms with Crippen molar-refractivity contribution in [3.8, 4) is 0 Å². The van der Waals surface area contributed by atoms with E-state index in [1.807, 2.05) is 13.8 Å². The van der Waals surface area contributed by atoms with Crippen molar-refractivity contribution < 1.29 is 14.3 Å². The number of nitrogens with zero attached hydrogens (tertiary/aromatic N) is 3. The molecule has 1 amide bonds. The first kappa shape index (κ1) is 19.6. The molecule has 1 aromatic carbocycles. The van der Waals surface area contributed by atoms with Gasteiger partial charge < -0.3 is 10.1 Å². The van der Waals surface area contributed by atoms with Gasteiger partial charge in [0.25, 0.3) is 5.56 Å². The Morgan fingerprint density at radius 1 is 1.25 bits per heavy atom. The number of esters is 1. The van der Waals surface area contributed by atoms with Crippen molar-refractivity contribution in [1.29, 1.82) is 0 Å². The number of thioether (sulfide) groups is 1. The summed E-state index contributed by atoms with van der Waals surface area (Å²) in [5.74, 6) is -0.134. The number of carbonyl (C=O) groups excluding carboxylic acids is 2. The van der Waals surface area contributed by atoms with E-state index in [1.54, 1.807) is 28.7 Å². The fourth-order valence-electron chi connectivity index (χ4n) is 2.58. The van der Waals surface area contributed by atoms with Gasteiger partial charge in [-0.1, -0.05) is 25.6 Å². The minimum atomic E-state index is -0.439. The third-order valence-electron chi connectivity index (χ3n) is 3.92. The third kappa shape index (κ3) is 4.22. The second kappa shape index (κ2) is 8.26. The fourth-order valence-corrected chi connectivity index (χ4v) is 3.33. The minimum absolute atomic E-state index is 0.0855. The van der Waals surface area contributed by atoms with Gasteiger partial charge >= 0.3 is 5.97 Å². The zero-order valence-electron chi connectivity index (χ0n) is 15.6. The topological polar surface area (TPSA) is 118 Å². The molecule has 28 heavy (non-hydrogen) atoms. The molecular formula is C18H19N5O4S. The second-order valence-corrected chi connectivity index (χ2v) is 7.20. The van der Waals surface area contributed by atoms with Crippen LogP contribution in [0.25, 0.3) is 5.78 Å². The van der Waals surface area contributed by atoms with Crippen LogP contribution in [0.4, 0.5) is 5.69 Å². The highest BCUT2D eigenvalue weighted by Gasteiger charge is 2.15. The highest BCUT2D eigenvalue weighted by Crippen LogP contribution is 2.21. The van der Waals surface area contributed by atoms with Gasteiger partial charge in [0.2, 0.25) is 11.7 Å². The van der Waals surface area contributed by atoms with E-state index in [0.717, 1.165) is 5.69 Å². The van der Waals surface area contributed by atoms with Crippen LogP contribution in [0.3, 0.4) is 0 Å². The van der Waals surface area contributed by atoms with Gasteiger partial charge in [0, 0.05) is 17.4 Å². The number of anilines is 1. The van der Waals surface area contributed by atoms with Gasteiger partial charge in [-0.3, -0.25) is 19.0 Å². The first-order chi connectivity index (χ1) is 13.4. The number of ether oxygens (including phenoxy) is 1. The van der Waals surface area contributed by atoms with E-state index in [1.165, 1.54) is 24.9 Å². The standard InChI is InChI=1S/C18H19N5O4S/c1-10(2)13-8-14(24)20-17-21-22-18(23(13)17)28-9-15(25)19-12-6-4-11(5-7-12)16(26)27-3/h4-8,10H,9H2,1-3H3,(H,19,25)(H,20,21,24). The SMILES string of the molecule is COC(=O)c1ccc(NC(=O)CSc2nnc3[nH]c(=O)cc(C(C)C)n23)cc1. The monoisotopic (exact) mass is 401 g/mol. The molecule has 0 atom stereocenters. The molecule has 0 saturated carbocycles. The fraction of sp³-hybridized carbons (Fsp3) is 0.278. The third-order valence-corrected chi connectivity index (χ3v) is 4.85. The molecule has 9 nitrogen and oxygen atoms in total. The molecule has 0 bridgehead atoms. The summed E-state index contributed by atoms with van der Waals surface area (Å²) in [6, 6.07) is 7.91. The van der Waals surface area contributed by atoms with Crippen LogP contribution in [-0.2, 0) is 9.53 Å². The molecule has 0 radical (unpaired) electrons. The average molecular weight is 401 g/mol. The van der Waals surface area contributed by atoms with Crippen molar-refractivity contribution in [3.05, 3.63) is 51.9 Å². The number of hydrogen-bond acceptors (Lipinski definition) is 7. The second-order valence-electron chi connectivity index (χ2n) is 6.26. The predicted molar refractivity (Wildman–Crippen MR) is 105 cm³/mol. The number of aromatic nitrogens is 4. The van der Waals surface area contributed by atoms with Gasteiger partial charge in [-0.2, -0.15) is 0 Å². The predicted octanol–water partition coefficient (Wildman–Crippen LogP) is 2.06. The van der Waals surface area contributed by atoms with Crippen LogP contribution >= 0.6 is 11.8 Å². The van der Waals surface area contributed by atoms with Crippen LogP contribution in [-0.4, -0.2) is 44.3 Å². The molecule has 0 aliphatic rings. The maximum atomic E-state index is 12.3. The summed E-state index contributed by atoms with van der Waals surface area (Å²) >= 11 is 1.21. The molecule has 3 rings (SSSR count). The normalized spacial score (nSPS) is 11.0. The van der Waals surface area contributed by atoms with Crippen molar-refractivity contribution >= 4 is 35.1 Å². The highest BCUT2D eigenvalue weighted by molar-refractivity contribution is 7.99. The zero-order valence-corrected chi connectivity index (χ0v) is 16.4. The number of hydrogen-bond donors (Lipinski definition) is 2. The lowest BCUT2D eigenvalue weighted by Crippen LogP contribution is -2.15. The molecule has 10 heteroatoms. The van der Waals surface area contributed by atoms with Gasteiger partial charge in [-0.05, 0) is 30.2 Å². The molecule has 2 N–H and O–H groups in total. The van der Waals surface area contributed by atoms with Crippen molar-refractivity contribution in [2.45, 2.75) is 24.9 Å². The summed E-state index contributed by atoms with van der Waals surface area (Å²) in [4.78, 5) is 38.1. The number of methoxy groups -OCH3 is 1. The van der Waals surface area contributed by atoms with E-state index < -0.39 is 5.97 Å². The van der Waals surface area contributed by atoms with Crippen LogP contribution in [0, 0.1) is 0 Å². The summed E-state index contributed by atoms with van der Waals surface area (Å²) in [7, 11) is 1.31. The Morgan fingerprint density at radius 2 is 1.96 bits per heavy atom. The van der Waals surface area contributed by atoms with E-state index in [0.29, 0.717) is 22.2 Å². The van der Waals surface area contributed by atoms with Crippen molar-refractivity contribution in [1.82, 2.24) is 19.6 Å². The average Bonchev–Trinajstić information content (AvgIpc) is 3.08. The van der Waals surface area contributed by atoms with Crippen LogP contribution in [0.15, 0.2) is 40.3 Å². The summed E-state index contributed by atoms with van der Waals surface area (Å²) in [5, 5.41) is 11.3. The lowest BCUT2D eigenvalue weighted by molar-refractivity contribution is -0.113. The lowest BCUT2D eigenvalue weighted by atomic mass is 10.1. The van der Waals surface area contributed by atoms with E-state index in [4.69, 9.17) is 0 Å². The smallest absolute Gasteiger partial charge is 0.337 e. The number of nitrogens with one attached hydrogen (secondary N) is 2. The molecule has 0 aliphatic heterocycles. The Morgan fingerprint density at radius 3 is 2.61 bits per heavy atom. The molecule has 0 saturated heterocycles. The molecule has 0 fully saturated rings. The van der Waals surface area contributed by atoms with Crippen LogP contribution in [0.5, 0.6) is 0 Å². The Kier molecular flexibility index (Phi) is 5.78. The first-order valence-electron chi connectivity index (χ1n) is 8.48. The van der Waals surface area contributed by atoms with E-state index in [-0.39, 0.29) is 23.1 Å². The van der Waals surface area contributed by atoms with E-state index in [9.17, 15) is 14.4 Å². The van der Waals surface area contributed by atoms with Crippen LogP contribution in [0.2, 0.25) is 0 Å². The lowest BCUT2D eigenvalue weighted by Gasteiger charge is -2.10. The number of H-pyrrole nitrogens is 1. The summed E-state index contributed by atoms with van der Waals surface area (Å²) in [6.07, 6.45) is 0. The van der Waals surface area contributed by atoms with E-state index in [2.05, 4.69) is 25.2 Å². The van der Waals surface area contributed by atoms with Gasteiger partial charge in [-0.25, -0.2) is 4.79 Å². The van der Waals surface area contributed by atoms with Crippen molar-refractivity contribution in [2.24, 2.45) is 0 Å². The maximum Gasteiger partial charge on any atom is 0.337 e. The number of aromatic amines is 1. The van der Waals surface area contributed by atoms with Crippen LogP contribution in [0.1, 0.15) is 35.8 Å². The highest BCUT2D eigenvalue weighted by atomic mass is 32.2. The molecule has 3 aromatic rings. The number of amides is 1. The minimum Gasteiger partial charge on any atom is -0.465 e. The van der Waals surface area contributed by atoms with E-state index >= 15 is 0 Å². The van der Waals surface area contributed by atoms with Gasteiger partial charge in [-0.15, -0.1) is 10.2 Å². The molecule has 0 aliphatic carbocycles. The Bertz CT molecular complexity index is 1070. The number of carbonyl (C=O) groups is 2. The van der Waals surface area contributed by atoms with Crippen molar-refractivity contribution in [2.75, 3.05) is 18.2 Å². The molecule has 2 aromatic heterocycles. The zero-order chi connectivity index (χ0) is 20.3. The molecule has 146 valence electrons. The summed E-state index contributed by atoms with van der Waals surface area (Å²) in [6.45, 7) is 3.93. The van der Waals surface area contributed by atoms with Gasteiger partial charge in [0.05, 0.1) is 18.4 Å².